The lowest BCUT2D eigenvalue weighted by Crippen LogP contribution is -2.21. The Bertz CT molecular complexity index is 563. The van der Waals surface area contributed by atoms with Gasteiger partial charge >= 0.3 is 0 Å². The van der Waals surface area contributed by atoms with Crippen LogP contribution in [-0.4, -0.2) is 6.54 Å². The number of aryl methyl sites for hydroxylation is 1. The van der Waals surface area contributed by atoms with E-state index in [1.54, 1.807) is 11.3 Å². The van der Waals surface area contributed by atoms with Crippen LogP contribution in [0.15, 0.2) is 32.5 Å². The molecule has 2 rings (SSSR count). The number of rotatable bonds is 4. The molecule has 0 saturated carbocycles. The summed E-state index contributed by atoms with van der Waals surface area (Å²) in [7, 11) is 0. The maximum atomic E-state index is 6.15. The summed E-state index contributed by atoms with van der Waals surface area (Å²) < 4.78 is 2.09. The molecule has 0 saturated heterocycles. The highest BCUT2D eigenvalue weighted by Crippen LogP contribution is 2.38. The van der Waals surface area contributed by atoms with Crippen LogP contribution in [0.3, 0.4) is 0 Å². The van der Waals surface area contributed by atoms with Crippen LogP contribution in [-0.2, 0) is 0 Å². The molecule has 0 fully saturated rings. The summed E-state index contributed by atoms with van der Waals surface area (Å²) in [5.74, 6) is 0. The normalized spacial score (nSPS) is 12.7. The highest BCUT2D eigenvalue weighted by Gasteiger charge is 2.18. The Hall–Kier alpha value is 0.130. The van der Waals surface area contributed by atoms with Crippen molar-refractivity contribution in [1.82, 2.24) is 5.32 Å². The number of benzene rings is 1. The fourth-order valence-electron chi connectivity index (χ4n) is 2.04. The molecule has 0 amide bonds. The molecule has 5 heteroatoms. The Morgan fingerprint density at radius 3 is 2.58 bits per heavy atom. The van der Waals surface area contributed by atoms with E-state index >= 15 is 0 Å². The third-order valence-electron chi connectivity index (χ3n) is 2.90. The summed E-state index contributed by atoms with van der Waals surface area (Å²) in [6, 6.07) is 8.60. The van der Waals surface area contributed by atoms with Crippen molar-refractivity contribution < 1.29 is 0 Å². The second kappa shape index (κ2) is 6.72. The molecule has 2 aromatic rings. The van der Waals surface area contributed by atoms with E-state index in [2.05, 4.69) is 69.2 Å². The molecule has 0 aliphatic carbocycles. The van der Waals surface area contributed by atoms with E-state index < -0.39 is 0 Å². The lowest BCUT2D eigenvalue weighted by Gasteiger charge is -2.19. The summed E-state index contributed by atoms with van der Waals surface area (Å²) in [5, 5.41) is 4.31. The molecule has 0 aliphatic heterocycles. The maximum absolute atomic E-state index is 6.15. The van der Waals surface area contributed by atoms with E-state index in [9.17, 15) is 0 Å². The van der Waals surface area contributed by atoms with Gasteiger partial charge in [0.25, 0.3) is 0 Å². The first-order valence-corrected chi connectivity index (χ1v) is 8.75. The van der Waals surface area contributed by atoms with Crippen molar-refractivity contribution in [2.24, 2.45) is 0 Å². The Balaban J connectivity index is 2.44. The minimum absolute atomic E-state index is 0.187. The quantitative estimate of drug-likeness (QED) is 0.642. The van der Waals surface area contributed by atoms with Crippen molar-refractivity contribution in [3.8, 4) is 0 Å². The molecule has 1 N–H and O–H groups in total. The van der Waals surface area contributed by atoms with Gasteiger partial charge in [0.1, 0.15) is 0 Å². The van der Waals surface area contributed by atoms with Crippen molar-refractivity contribution >= 4 is 54.8 Å². The van der Waals surface area contributed by atoms with Gasteiger partial charge in [0.05, 0.1) is 14.9 Å². The van der Waals surface area contributed by atoms with Crippen LogP contribution in [0.25, 0.3) is 0 Å². The fourth-order valence-corrected chi connectivity index (χ4v) is 4.35. The highest BCUT2D eigenvalue weighted by atomic mass is 79.9. The lowest BCUT2D eigenvalue weighted by molar-refractivity contribution is 0.636. The zero-order chi connectivity index (χ0) is 14.0. The number of thiophene rings is 1. The first-order chi connectivity index (χ1) is 9.02. The topological polar surface area (TPSA) is 12.0 Å². The van der Waals surface area contributed by atoms with E-state index in [0.717, 1.165) is 19.8 Å². The van der Waals surface area contributed by atoms with Crippen molar-refractivity contribution in [2.45, 2.75) is 19.9 Å². The number of hydrogen-bond donors (Lipinski definition) is 1. The SMILES string of the molecule is CCNC(c1cc(Cl)c(Br)s1)c1ccc(Br)cc1C. The summed E-state index contributed by atoms with van der Waals surface area (Å²) in [6.07, 6.45) is 0. The second-order valence-corrected chi connectivity index (χ2v) is 7.99. The molecule has 102 valence electrons. The van der Waals surface area contributed by atoms with Crippen LogP contribution < -0.4 is 5.32 Å². The van der Waals surface area contributed by atoms with Crippen molar-refractivity contribution in [1.29, 1.82) is 0 Å². The lowest BCUT2D eigenvalue weighted by atomic mass is 10.00. The van der Waals surface area contributed by atoms with E-state index in [1.165, 1.54) is 16.0 Å². The van der Waals surface area contributed by atoms with Gasteiger partial charge < -0.3 is 5.32 Å². The summed E-state index contributed by atoms with van der Waals surface area (Å²) >= 11 is 14.8. The van der Waals surface area contributed by atoms with Gasteiger partial charge in [0, 0.05) is 9.35 Å². The van der Waals surface area contributed by atoms with Gasteiger partial charge in [-0.05, 0) is 58.7 Å². The molecule has 1 heterocycles. The molecule has 19 heavy (non-hydrogen) atoms. The first kappa shape index (κ1) is 15.5. The van der Waals surface area contributed by atoms with Gasteiger partial charge in [-0.2, -0.15) is 0 Å². The van der Waals surface area contributed by atoms with Crippen LogP contribution in [0.2, 0.25) is 5.02 Å². The predicted molar refractivity (Wildman–Crippen MR) is 91.4 cm³/mol. The smallest absolute Gasteiger partial charge is 0.0888 e. The number of hydrogen-bond acceptors (Lipinski definition) is 2. The van der Waals surface area contributed by atoms with Crippen LogP contribution in [0.4, 0.5) is 0 Å². The summed E-state index contributed by atoms with van der Waals surface area (Å²) in [5.41, 5.74) is 2.55. The highest BCUT2D eigenvalue weighted by molar-refractivity contribution is 9.11. The van der Waals surface area contributed by atoms with Crippen LogP contribution in [0.5, 0.6) is 0 Å². The van der Waals surface area contributed by atoms with E-state index in [-0.39, 0.29) is 6.04 Å². The van der Waals surface area contributed by atoms with E-state index in [1.807, 2.05) is 6.07 Å². The van der Waals surface area contributed by atoms with Gasteiger partial charge in [-0.25, -0.2) is 0 Å². The van der Waals surface area contributed by atoms with Crippen molar-refractivity contribution in [3.63, 3.8) is 0 Å². The molecule has 1 unspecified atom stereocenters. The molecule has 0 spiro atoms. The minimum Gasteiger partial charge on any atom is -0.306 e. The Labute approximate surface area is 139 Å². The summed E-state index contributed by atoms with van der Waals surface area (Å²) in [4.78, 5) is 1.23. The molecular formula is C14H14Br2ClNS. The second-order valence-electron chi connectivity index (χ2n) is 4.26. The average Bonchev–Trinajstić information content (AvgIpc) is 2.67. The predicted octanol–water partition coefficient (Wildman–Crippen LogP) is 5.93. The van der Waals surface area contributed by atoms with Crippen molar-refractivity contribution in [2.75, 3.05) is 6.54 Å². The van der Waals surface area contributed by atoms with Gasteiger partial charge in [-0.3, -0.25) is 0 Å². The third kappa shape index (κ3) is 3.61. The fraction of sp³-hybridized carbons (Fsp3) is 0.286. The van der Waals surface area contributed by atoms with E-state index in [0.29, 0.717) is 0 Å². The van der Waals surface area contributed by atoms with Gasteiger partial charge in [0.15, 0.2) is 0 Å². The Kier molecular flexibility index (Phi) is 5.49. The molecule has 0 bridgehead atoms. The van der Waals surface area contributed by atoms with E-state index in [4.69, 9.17) is 11.6 Å². The number of halogens is 3. The standard InChI is InChI=1S/C14H14Br2ClNS/c1-3-18-13(12-7-11(17)14(16)19-12)10-5-4-9(15)6-8(10)2/h4-7,13,18H,3H2,1-2H3. The molecule has 0 aliphatic rings. The zero-order valence-corrected chi connectivity index (χ0v) is 15.4. The minimum atomic E-state index is 0.187. The van der Waals surface area contributed by atoms with Crippen LogP contribution in [0, 0.1) is 6.92 Å². The molecular weight excluding hydrogens is 409 g/mol. The van der Waals surface area contributed by atoms with Crippen molar-refractivity contribution in [3.05, 3.63) is 53.6 Å². The Morgan fingerprint density at radius 2 is 2.05 bits per heavy atom. The van der Waals surface area contributed by atoms with Gasteiger partial charge in [-0.1, -0.05) is 40.5 Å². The molecule has 0 radical (unpaired) electrons. The average molecular weight is 424 g/mol. The van der Waals surface area contributed by atoms with Crippen LogP contribution >= 0.6 is 54.8 Å². The zero-order valence-electron chi connectivity index (χ0n) is 10.6. The first-order valence-electron chi connectivity index (χ1n) is 5.97. The largest absolute Gasteiger partial charge is 0.306 e. The molecule has 1 nitrogen and oxygen atoms in total. The maximum Gasteiger partial charge on any atom is 0.0888 e. The van der Waals surface area contributed by atoms with Crippen LogP contribution in [0.1, 0.15) is 29.0 Å². The van der Waals surface area contributed by atoms with Gasteiger partial charge in [0.2, 0.25) is 0 Å². The number of nitrogens with one attached hydrogen (secondary N) is 1. The summed E-state index contributed by atoms with van der Waals surface area (Å²) in [6.45, 7) is 5.16. The van der Waals surface area contributed by atoms with Gasteiger partial charge in [-0.15, -0.1) is 11.3 Å². The molecule has 1 aromatic heterocycles. The monoisotopic (exact) mass is 421 g/mol. The molecule has 1 aromatic carbocycles. The Morgan fingerprint density at radius 1 is 1.32 bits per heavy atom. The molecule has 1 atom stereocenters. The third-order valence-corrected chi connectivity index (χ3v) is 5.93.